The van der Waals surface area contributed by atoms with E-state index in [9.17, 15) is 4.91 Å². The highest BCUT2D eigenvalue weighted by atomic mass is 16.5. The predicted molar refractivity (Wildman–Crippen MR) is 47.8 cm³/mol. The number of nitrogen functional groups attached to an aromatic ring is 1. The highest BCUT2D eigenvalue weighted by molar-refractivity contribution is 5.52. The van der Waals surface area contributed by atoms with Crippen LogP contribution in [0.25, 0.3) is 0 Å². The molecule has 1 aromatic rings. The van der Waals surface area contributed by atoms with E-state index >= 15 is 0 Å². The highest BCUT2D eigenvalue weighted by Gasteiger charge is 2.11. The summed E-state index contributed by atoms with van der Waals surface area (Å²) in [6.07, 6.45) is 0. The SMILES string of the molecule is CCOc1nc(N)nc(C)c1N=O. The third-order valence-electron chi connectivity index (χ3n) is 1.42. The zero-order valence-corrected chi connectivity index (χ0v) is 7.44. The van der Waals surface area contributed by atoms with E-state index in [2.05, 4.69) is 15.1 Å². The normalized spacial score (nSPS) is 9.69. The lowest BCUT2D eigenvalue weighted by atomic mass is 10.4. The fourth-order valence-corrected chi connectivity index (χ4v) is 0.904. The number of anilines is 1. The van der Waals surface area contributed by atoms with Crippen molar-refractivity contribution >= 4 is 11.6 Å². The Labute approximate surface area is 75.1 Å². The Morgan fingerprint density at radius 3 is 2.77 bits per heavy atom. The first-order valence-corrected chi connectivity index (χ1v) is 3.79. The lowest BCUT2D eigenvalue weighted by molar-refractivity contribution is 0.328. The van der Waals surface area contributed by atoms with E-state index < -0.39 is 0 Å². The number of nitrogens with two attached hydrogens (primary N) is 1. The summed E-state index contributed by atoms with van der Waals surface area (Å²) >= 11 is 0. The highest BCUT2D eigenvalue weighted by Crippen LogP contribution is 2.28. The van der Waals surface area contributed by atoms with Crippen molar-refractivity contribution in [3.63, 3.8) is 0 Å². The standard InChI is InChI=1S/C7H10N4O2/c1-3-13-6-5(11-12)4(2)9-7(8)10-6/h3H2,1-2H3,(H2,8,9,10). The summed E-state index contributed by atoms with van der Waals surface area (Å²) in [5.41, 5.74) is 5.90. The minimum atomic E-state index is 0.0772. The lowest BCUT2D eigenvalue weighted by Crippen LogP contribution is -2.02. The van der Waals surface area contributed by atoms with Crippen LogP contribution < -0.4 is 10.5 Å². The number of hydrogen-bond acceptors (Lipinski definition) is 6. The molecule has 1 heterocycles. The van der Waals surface area contributed by atoms with Crippen molar-refractivity contribution in [2.75, 3.05) is 12.3 Å². The number of nitroso groups, excluding NO2 is 1. The van der Waals surface area contributed by atoms with E-state index in [1.807, 2.05) is 0 Å². The van der Waals surface area contributed by atoms with Crippen LogP contribution in [0.1, 0.15) is 12.6 Å². The minimum absolute atomic E-state index is 0.0772. The van der Waals surface area contributed by atoms with Crippen LogP contribution in [0.5, 0.6) is 5.88 Å². The second-order valence-electron chi connectivity index (χ2n) is 2.35. The molecule has 0 spiro atoms. The number of hydrogen-bond donors (Lipinski definition) is 1. The minimum Gasteiger partial charge on any atom is -0.476 e. The molecule has 0 atom stereocenters. The number of ether oxygens (including phenoxy) is 1. The van der Waals surface area contributed by atoms with Crippen LogP contribution in [0.15, 0.2) is 5.18 Å². The van der Waals surface area contributed by atoms with Crippen molar-refractivity contribution in [2.45, 2.75) is 13.8 Å². The van der Waals surface area contributed by atoms with Gasteiger partial charge < -0.3 is 10.5 Å². The van der Waals surface area contributed by atoms with Crippen molar-refractivity contribution in [1.29, 1.82) is 0 Å². The molecule has 1 rings (SSSR count). The van der Waals surface area contributed by atoms with E-state index in [0.29, 0.717) is 12.3 Å². The molecule has 0 saturated carbocycles. The first-order valence-electron chi connectivity index (χ1n) is 3.79. The van der Waals surface area contributed by atoms with Gasteiger partial charge in [0.2, 0.25) is 11.8 Å². The molecular formula is C7H10N4O2. The molecular weight excluding hydrogens is 172 g/mol. The summed E-state index contributed by atoms with van der Waals surface area (Å²) in [7, 11) is 0. The Bertz CT molecular complexity index is 327. The van der Waals surface area contributed by atoms with Crippen molar-refractivity contribution < 1.29 is 4.74 Å². The molecule has 0 unspecified atom stereocenters. The van der Waals surface area contributed by atoms with Crippen LogP contribution in [0.4, 0.5) is 11.6 Å². The van der Waals surface area contributed by atoms with Crippen molar-refractivity contribution in [3.8, 4) is 5.88 Å². The maximum absolute atomic E-state index is 10.4. The largest absolute Gasteiger partial charge is 0.476 e. The Hall–Kier alpha value is -1.72. The first-order chi connectivity index (χ1) is 6.19. The fraction of sp³-hybridized carbons (Fsp3) is 0.429. The van der Waals surface area contributed by atoms with E-state index in [4.69, 9.17) is 10.5 Å². The van der Waals surface area contributed by atoms with Gasteiger partial charge in [-0.15, -0.1) is 4.91 Å². The molecule has 0 amide bonds. The molecule has 2 N–H and O–H groups in total. The maximum Gasteiger partial charge on any atom is 0.248 e. The van der Waals surface area contributed by atoms with Gasteiger partial charge in [0.15, 0.2) is 5.69 Å². The van der Waals surface area contributed by atoms with Crippen LogP contribution >= 0.6 is 0 Å². The average molecular weight is 182 g/mol. The molecule has 0 fully saturated rings. The zero-order chi connectivity index (χ0) is 9.84. The van der Waals surface area contributed by atoms with E-state index in [1.54, 1.807) is 13.8 Å². The lowest BCUT2D eigenvalue weighted by Gasteiger charge is -2.05. The molecule has 1 aromatic heterocycles. The molecule has 6 heteroatoms. The van der Waals surface area contributed by atoms with Crippen molar-refractivity contribution in [1.82, 2.24) is 9.97 Å². The van der Waals surface area contributed by atoms with E-state index in [0.717, 1.165) is 0 Å². The molecule has 0 aromatic carbocycles. The first kappa shape index (κ1) is 9.37. The molecule has 0 aliphatic rings. The van der Waals surface area contributed by atoms with Gasteiger partial charge in [-0.25, -0.2) is 4.98 Å². The molecule has 6 nitrogen and oxygen atoms in total. The quantitative estimate of drug-likeness (QED) is 0.708. The maximum atomic E-state index is 10.4. The van der Waals surface area contributed by atoms with Gasteiger partial charge in [0.25, 0.3) is 0 Å². The Balaban J connectivity index is 3.20. The van der Waals surface area contributed by atoms with Crippen LogP contribution in [0.3, 0.4) is 0 Å². The summed E-state index contributed by atoms with van der Waals surface area (Å²) in [5, 5.41) is 2.77. The second-order valence-corrected chi connectivity index (χ2v) is 2.35. The van der Waals surface area contributed by atoms with E-state index in [-0.39, 0.29) is 17.5 Å². The number of nitrogens with zero attached hydrogens (tertiary/aromatic N) is 3. The monoisotopic (exact) mass is 182 g/mol. The van der Waals surface area contributed by atoms with Crippen LogP contribution in [-0.4, -0.2) is 16.6 Å². The molecule has 13 heavy (non-hydrogen) atoms. The van der Waals surface area contributed by atoms with Gasteiger partial charge in [0.1, 0.15) is 0 Å². The Kier molecular flexibility index (Phi) is 2.73. The molecule has 0 saturated heterocycles. The number of aromatic nitrogens is 2. The van der Waals surface area contributed by atoms with Gasteiger partial charge in [-0.05, 0) is 19.0 Å². The van der Waals surface area contributed by atoms with Crippen LogP contribution in [-0.2, 0) is 0 Å². The number of aryl methyl sites for hydroxylation is 1. The van der Waals surface area contributed by atoms with Crippen LogP contribution in [0.2, 0.25) is 0 Å². The topological polar surface area (TPSA) is 90.5 Å². The summed E-state index contributed by atoms with van der Waals surface area (Å²) < 4.78 is 5.06. The number of rotatable bonds is 3. The molecule has 0 aliphatic carbocycles. The Morgan fingerprint density at radius 1 is 1.54 bits per heavy atom. The second kappa shape index (κ2) is 3.79. The Morgan fingerprint density at radius 2 is 2.23 bits per heavy atom. The van der Waals surface area contributed by atoms with Crippen molar-refractivity contribution in [3.05, 3.63) is 10.6 Å². The van der Waals surface area contributed by atoms with Gasteiger partial charge in [0, 0.05) is 0 Å². The average Bonchev–Trinajstić information content (AvgIpc) is 2.04. The smallest absolute Gasteiger partial charge is 0.248 e. The van der Waals surface area contributed by atoms with Gasteiger partial charge in [0.05, 0.1) is 12.3 Å². The van der Waals surface area contributed by atoms with Gasteiger partial charge in [-0.2, -0.15) is 4.98 Å². The summed E-state index contributed by atoms with van der Waals surface area (Å²) in [4.78, 5) is 17.9. The zero-order valence-electron chi connectivity index (χ0n) is 7.44. The van der Waals surface area contributed by atoms with Gasteiger partial charge in [-0.1, -0.05) is 0 Å². The van der Waals surface area contributed by atoms with Gasteiger partial charge in [-0.3, -0.25) is 0 Å². The summed E-state index contributed by atoms with van der Waals surface area (Å²) in [5.74, 6) is 0.218. The van der Waals surface area contributed by atoms with E-state index in [1.165, 1.54) is 0 Å². The third-order valence-corrected chi connectivity index (χ3v) is 1.42. The van der Waals surface area contributed by atoms with Crippen molar-refractivity contribution in [2.24, 2.45) is 5.18 Å². The molecule has 0 aliphatic heterocycles. The summed E-state index contributed by atoms with van der Waals surface area (Å²) in [6, 6.07) is 0. The van der Waals surface area contributed by atoms with Crippen LogP contribution in [0, 0.1) is 11.8 Å². The predicted octanol–water partition coefficient (Wildman–Crippen LogP) is 1.16. The molecule has 0 radical (unpaired) electrons. The fourth-order valence-electron chi connectivity index (χ4n) is 0.904. The third kappa shape index (κ3) is 1.90. The molecule has 0 bridgehead atoms. The molecule has 70 valence electrons. The van der Waals surface area contributed by atoms with Gasteiger partial charge >= 0.3 is 0 Å². The summed E-state index contributed by atoms with van der Waals surface area (Å²) in [6.45, 7) is 3.80.